The topological polar surface area (TPSA) is 43.6 Å². The lowest BCUT2D eigenvalue weighted by molar-refractivity contribution is 1.08. The first kappa shape index (κ1) is 28.6. The zero-order valence-corrected chi connectivity index (χ0v) is 28.7. The summed E-state index contributed by atoms with van der Waals surface area (Å²) in [5, 5.41) is 7.65. The lowest BCUT2D eigenvalue weighted by Gasteiger charge is -2.09. The van der Waals surface area contributed by atoms with Crippen molar-refractivity contribution in [3.8, 4) is 39.9 Å². The van der Waals surface area contributed by atoms with Gasteiger partial charge in [0.05, 0.1) is 11.0 Å². The quantitative estimate of drug-likeness (QED) is 0.185. The fraction of sp³-hybridized carbons (Fsp3) is 0. The van der Waals surface area contributed by atoms with Crippen molar-refractivity contribution < 1.29 is 0 Å². The molecular formula is C45H26N4S2. The van der Waals surface area contributed by atoms with Crippen LogP contribution >= 0.6 is 22.7 Å². The van der Waals surface area contributed by atoms with Crippen molar-refractivity contribution in [2.75, 3.05) is 0 Å². The molecule has 0 aliphatic rings. The van der Waals surface area contributed by atoms with Crippen LogP contribution in [0, 0.1) is 0 Å². The third kappa shape index (κ3) is 4.40. The SMILES string of the molecule is c1ccc(-c2nc(-c3ccccc3)nc(-c3cccc4c3sc3ccc5sc6ccc(-n7c8ccccc8c8ccccc87)cc6c5c34)n2)cc1. The molecule has 0 N–H and O–H groups in total. The fourth-order valence-electron chi connectivity index (χ4n) is 7.59. The maximum atomic E-state index is 5.10. The van der Waals surface area contributed by atoms with Crippen LogP contribution in [-0.2, 0) is 0 Å². The van der Waals surface area contributed by atoms with Gasteiger partial charge >= 0.3 is 0 Å². The highest BCUT2D eigenvalue weighted by Gasteiger charge is 2.20. The highest BCUT2D eigenvalue weighted by Crippen LogP contribution is 2.47. The third-order valence-corrected chi connectivity index (χ3v) is 12.2. The molecule has 4 nitrogen and oxygen atoms in total. The van der Waals surface area contributed by atoms with Crippen LogP contribution in [0.1, 0.15) is 0 Å². The summed E-state index contributed by atoms with van der Waals surface area (Å²) in [6.45, 7) is 0. The molecule has 0 atom stereocenters. The standard InChI is InChI=1S/C45H26N4S2/c1-3-12-27(13-4-1)43-46-44(28-14-5-2-6-15-28)48-45(47-43)33-19-11-18-32-40-39(51-42(32)33)25-24-38-41(40)34-26-29(22-23-37(34)50-38)49-35-20-9-7-16-30(35)31-17-8-10-21-36(31)49/h1-26H. The molecule has 6 heteroatoms. The number of nitrogens with zero attached hydrogens (tertiary/aromatic N) is 4. The normalized spacial score (nSPS) is 11.9. The van der Waals surface area contributed by atoms with Crippen molar-refractivity contribution in [3.05, 3.63) is 158 Å². The molecule has 0 saturated heterocycles. The monoisotopic (exact) mass is 686 g/mol. The highest BCUT2D eigenvalue weighted by molar-refractivity contribution is 7.28. The van der Waals surface area contributed by atoms with Gasteiger partial charge in [-0.15, -0.1) is 22.7 Å². The predicted octanol–water partition coefficient (Wildman–Crippen LogP) is 12.7. The van der Waals surface area contributed by atoms with Crippen molar-refractivity contribution in [1.82, 2.24) is 19.5 Å². The van der Waals surface area contributed by atoms with E-state index in [0.717, 1.165) is 16.7 Å². The van der Waals surface area contributed by atoms with E-state index in [1.54, 1.807) is 0 Å². The summed E-state index contributed by atoms with van der Waals surface area (Å²) in [5.41, 5.74) is 6.55. The molecule has 11 rings (SSSR count). The van der Waals surface area contributed by atoms with Gasteiger partial charge in [0.15, 0.2) is 17.5 Å². The molecule has 0 spiro atoms. The Labute approximate surface area is 300 Å². The molecule has 7 aromatic carbocycles. The molecule has 0 aliphatic carbocycles. The fourth-order valence-corrected chi connectivity index (χ4v) is 9.90. The number of para-hydroxylation sites is 2. The molecule has 0 fully saturated rings. The van der Waals surface area contributed by atoms with Crippen LogP contribution < -0.4 is 0 Å². The zero-order valence-electron chi connectivity index (χ0n) is 27.1. The van der Waals surface area contributed by atoms with Crippen molar-refractivity contribution in [3.63, 3.8) is 0 Å². The highest BCUT2D eigenvalue weighted by atomic mass is 32.1. The average molecular weight is 687 g/mol. The van der Waals surface area contributed by atoms with Crippen LogP contribution in [0.5, 0.6) is 0 Å². The molecule has 4 aromatic heterocycles. The Morgan fingerprint density at radius 1 is 0.392 bits per heavy atom. The van der Waals surface area contributed by atoms with E-state index < -0.39 is 0 Å². The molecule has 0 radical (unpaired) electrons. The summed E-state index contributed by atoms with van der Waals surface area (Å²) in [4.78, 5) is 15.1. The lowest BCUT2D eigenvalue weighted by Crippen LogP contribution is -2.00. The van der Waals surface area contributed by atoms with Gasteiger partial charge in [-0.25, -0.2) is 15.0 Å². The van der Waals surface area contributed by atoms with Gasteiger partial charge in [-0.05, 0) is 48.5 Å². The van der Waals surface area contributed by atoms with Crippen LogP contribution in [0.15, 0.2) is 158 Å². The van der Waals surface area contributed by atoms with Gasteiger partial charge in [0.1, 0.15) is 0 Å². The van der Waals surface area contributed by atoms with E-state index in [2.05, 4.69) is 126 Å². The Bertz CT molecular complexity index is 3030. The first-order valence-corrected chi connectivity index (χ1v) is 18.6. The van der Waals surface area contributed by atoms with Gasteiger partial charge < -0.3 is 4.57 Å². The molecule has 11 aromatic rings. The Hall–Kier alpha value is -6.21. The molecule has 4 heterocycles. The van der Waals surface area contributed by atoms with E-state index in [9.17, 15) is 0 Å². The van der Waals surface area contributed by atoms with E-state index in [1.807, 2.05) is 59.1 Å². The molecule has 0 amide bonds. The maximum absolute atomic E-state index is 5.10. The number of aromatic nitrogens is 4. The number of fused-ring (bicyclic) bond motifs is 10. The minimum atomic E-state index is 0.668. The molecule has 0 aliphatic heterocycles. The van der Waals surface area contributed by atoms with Gasteiger partial charge in [-0.2, -0.15) is 0 Å². The smallest absolute Gasteiger partial charge is 0.165 e. The second-order valence-electron chi connectivity index (χ2n) is 12.8. The van der Waals surface area contributed by atoms with Crippen LogP contribution in [0.3, 0.4) is 0 Å². The second kappa shape index (κ2) is 11.2. The first-order valence-electron chi connectivity index (χ1n) is 16.9. The van der Waals surface area contributed by atoms with Gasteiger partial charge in [-0.3, -0.25) is 0 Å². The van der Waals surface area contributed by atoms with Crippen molar-refractivity contribution in [2.45, 2.75) is 0 Å². The van der Waals surface area contributed by atoms with Crippen LogP contribution in [0.2, 0.25) is 0 Å². The lowest BCUT2D eigenvalue weighted by atomic mass is 10.0. The molecule has 51 heavy (non-hydrogen) atoms. The largest absolute Gasteiger partial charge is 0.309 e. The Morgan fingerprint density at radius 3 is 1.59 bits per heavy atom. The van der Waals surface area contributed by atoms with Crippen molar-refractivity contribution in [1.29, 1.82) is 0 Å². The number of thiophene rings is 2. The number of benzene rings is 7. The van der Waals surface area contributed by atoms with E-state index in [-0.39, 0.29) is 0 Å². The summed E-state index contributed by atoms with van der Waals surface area (Å²) < 4.78 is 7.43. The summed E-state index contributed by atoms with van der Waals surface area (Å²) in [6, 6.07) is 55.9. The summed E-state index contributed by atoms with van der Waals surface area (Å²) in [7, 11) is 0. The van der Waals surface area contributed by atoms with Crippen LogP contribution in [0.4, 0.5) is 0 Å². The summed E-state index contributed by atoms with van der Waals surface area (Å²) in [6.07, 6.45) is 0. The van der Waals surface area contributed by atoms with Gasteiger partial charge in [0.2, 0.25) is 0 Å². The number of hydrogen-bond donors (Lipinski definition) is 0. The summed E-state index contributed by atoms with van der Waals surface area (Å²) >= 11 is 3.68. The third-order valence-electron chi connectivity index (χ3n) is 9.86. The predicted molar refractivity (Wildman–Crippen MR) is 216 cm³/mol. The van der Waals surface area contributed by atoms with E-state index in [0.29, 0.717) is 17.5 Å². The van der Waals surface area contributed by atoms with Crippen LogP contribution in [-0.4, -0.2) is 19.5 Å². The molecule has 0 bridgehead atoms. The first-order chi connectivity index (χ1) is 25.3. The van der Waals surface area contributed by atoms with Crippen molar-refractivity contribution in [2.24, 2.45) is 0 Å². The Balaban J connectivity index is 1.16. The number of hydrogen-bond acceptors (Lipinski definition) is 5. The minimum absolute atomic E-state index is 0.668. The van der Waals surface area contributed by atoms with E-state index in [1.165, 1.54) is 67.8 Å². The molecule has 0 unspecified atom stereocenters. The van der Waals surface area contributed by atoms with Crippen molar-refractivity contribution >= 4 is 84.8 Å². The average Bonchev–Trinajstić information content (AvgIpc) is 3.87. The van der Waals surface area contributed by atoms with E-state index >= 15 is 0 Å². The van der Waals surface area contributed by atoms with E-state index in [4.69, 9.17) is 15.0 Å². The number of rotatable bonds is 4. The Kier molecular flexibility index (Phi) is 6.26. The second-order valence-corrected chi connectivity index (χ2v) is 14.9. The van der Waals surface area contributed by atoms with Crippen LogP contribution in [0.25, 0.3) is 102 Å². The Morgan fingerprint density at radius 2 is 0.922 bits per heavy atom. The maximum Gasteiger partial charge on any atom is 0.165 e. The van der Waals surface area contributed by atoms with Gasteiger partial charge in [-0.1, -0.05) is 109 Å². The zero-order chi connectivity index (χ0) is 33.5. The molecule has 238 valence electrons. The minimum Gasteiger partial charge on any atom is -0.309 e. The summed E-state index contributed by atoms with van der Waals surface area (Å²) in [5.74, 6) is 2.02. The van der Waals surface area contributed by atoms with Gasteiger partial charge in [0.25, 0.3) is 0 Å². The molecular weight excluding hydrogens is 661 g/mol. The van der Waals surface area contributed by atoms with Gasteiger partial charge in [0, 0.05) is 73.5 Å². The molecule has 0 saturated carbocycles.